The molecule has 1 aromatic carbocycles. The van der Waals surface area contributed by atoms with E-state index in [1.54, 1.807) is 13.8 Å². The zero-order chi connectivity index (χ0) is 24.8. The molecule has 0 aliphatic carbocycles. The van der Waals surface area contributed by atoms with E-state index in [0.717, 1.165) is 5.56 Å². The molecule has 0 aromatic heterocycles. The Labute approximate surface area is 205 Å². The first-order valence-corrected chi connectivity index (χ1v) is 11.9. The fourth-order valence-corrected chi connectivity index (χ4v) is 6.01. The molecule has 164 valence electrons. The summed E-state index contributed by atoms with van der Waals surface area (Å²) >= 11 is 1.17. The minimum absolute atomic E-state index is 0.0502. The van der Waals surface area contributed by atoms with Gasteiger partial charge in [-0.3, -0.25) is 10.8 Å². The van der Waals surface area contributed by atoms with Crippen LogP contribution in [0.2, 0.25) is 5.11 Å². The Kier molecular flexibility index (Phi) is 6.89. The van der Waals surface area contributed by atoms with Crippen LogP contribution in [0.15, 0.2) is 45.9 Å². The van der Waals surface area contributed by atoms with Crippen LogP contribution < -0.4 is 5.32 Å². The maximum Gasteiger partial charge on any atom is 0.283 e. The second-order valence-electron chi connectivity index (χ2n) is 10.3. The van der Waals surface area contributed by atoms with E-state index < -0.39 is 0 Å². The van der Waals surface area contributed by atoms with Crippen molar-refractivity contribution >= 4 is 81.3 Å². The smallest absolute Gasteiger partial charge is 0.283 e. The summed E-state index contributed by atoms with van der Waals surface area (Å²) in [5.41, 5.74) is 4.46. The van der Waals surface area contributed by atoms with Crippen LogP contribution in [0.5, 0.6) is 0 Å². The Morgan fingerprint density at radius 3 is 2.21 bits per heavy atom. The predicted octanol–water partition coefficient (Wildman–Crippen LogP) is -1.79. The van der Waals surface area contributed by atoms with Gasteiger partial charge in [0.05, 0.1) is 28.4 Å². The van der Waals surface area contributed by atoms with Crippen LogP contribution in [0.25, 0.3) is 0 Å². The van der Waals surface area contributed by atoms with Crippen LogP contribution in [-0.4, -0.2) is 74.9 Å². The van der Waals surface area contributed by atoms with Gasteiger partial charge in [0.15, 0.2) is 0 Å². The molecular weight excluding hydrogens is 423 g/mol. The van der Waals surface area contributed by atoms with Crippen molar-refractivity contribution < 1.29 is 4.65 Å². The van der Waals surface area contributed by atoms with E-state index in [1.807, 2.05) is 0 Å². The summed E-state index contributed by atoms with van der Waals surface area (Å²) in [4.78, 5) is 0.558. The lowest BCUT2D eigenvalue weighted by atomic mass is 9.16. The first kappa shape index (κ1) is 25.5. The summed E-state index contributed by atoms with van der Waals surface area (Å²) in [5.74, 6) is 0.192. The number of amidine groups is 1. The molecule has 0 spiro atoms. The highest BCUT2D eigenvalue weighted by atomic mass is 32.2. The zero-order valence-electron chi connectivity index (χ0n) is 20.6. The molecule has 33 heavy (non-hydrogen) atoms. The molecule has 2 heterocycles. The van der Waals surface area contributed by atoms with Gasteiger partial charge in [0.1, 0.15) is 26.6 Å². The Bertz CT molecular complexity index is 1100. The molecular formula is C20H29B6N5OS. The van der Waals surface area contributed by atoms with E-state index in [-0.39, 0.29) is 26.7 Å². The van der Waals surface area contributed by atoms with Crippen LogP contribution in [-0.2, 0) is 16.5 Å². The summed E-state index contributed by atoms with van der Waals surface area (Å²) in [6, 6.07) is 8.55. The molecule has 6 nitrogen and oxygen atoms in total. The Balaban J connectivity index is 1.79. The average Bonchev–Trinajstić information content (AvgIpc) is 3.06. The van der Waals surface area contributed by atoms with Gasteiger partial charge in [-0.25, -0.2) is 0 Å². The first-order valence-electron chi connectivity index (χ1n) is 11.1. The molecule has 2 aliphatic rings. The standard InChI is InChI=1S/C20H29B6N5OS/c1-9(10(2)28)14-13(7-27)15(33-17(14)30)16(29)31-8-11-3-5-12(6-4-11)18(19(21,22)23)20(24,25)32-26-18/h3-7,26-28,30H,8,21-25H2,1-2H3,(H2,29,31)/b14-9-,27-7?,28-10?,30-17?. The predicted molar refractivity (Wildman–Crippen MR) is 156 cm³/mol. The van der Waals surface area contributed by atoms with E-state index in [1.165, 1.54) is 23.5 Å². The van der Waals surface area contributed by atoms with Crippen molar-refractivity contribution in [1.29, 1.82) is 21.6 Å². The van der Waals surface area contributed by atoms with Gasteiger partial charge in [-0.05, 0) is 41.3 Å². The number of thioether (sulfide) groups is 1. The van der Waals surface area contributed by atoms with E-state index in [9.17, 15) is 0 Å². The molecule has 3 rings (SSSR count). The Morgan fingerprint density at radius 1 is 1.18 bits per heavy atom. The largest absolute Gasteiger partial charge is 0.448 e. The highest BCUT2D eigenvalue weighted by Gasteiger charge is 2.61. The lowest BCUT2D eigenvalue weighted by molar-refractivity contribution is 0.103. The van der Waals surface area contributed by atoms with Crippen LogP contribution in [0, 0.1) is 21.6 Å². The molecule has 5 N–H and O–H groups in total. The van der Waals surface area contributed by atoms with Gasteiger partial charge in [0.25, 0.3) is 7.48 Å². The minimum atomic E-state index is -0.231. The van der Waals surface area contributed by atoms with Gasteiger partial charge in [0, 0.05) is 29.6 Å². The number of hydrogen-bond donors (Lipinski definition) is 5. The van der Waals surface area contributed by atoms with Gasteiger partial charge in [0.2, 0.25) is 0 Å². The van der Waals surface area contributed by atoms with E-state index in [4.69, 9.17) is 26.3 Å². The molecule has 0 saturated carbocycles. The molecule has 1 unspecified atom stereocenters. The van der Waals surface area contributed by atoms with Crippen LogP contribution in [0.3, 0.4) is 0 Å². The highest BCUT2D eigenvalue weighted by Crippen LogP contribution is 2.53. The lowest BCUT2D eigenvalue weighted by Crippen LogP contribution is -2.74. The SMILES string of the molecule is BC(B)(B)C1(c2ccc(CNC(=N)C3=C(C=N)/C(=C(\C)C(C)=N)C(=N)S3)cc2)BOC1(B)B. The van der Waals surface area contributed by atoms with Gasteiger partial charge < -0.3 is 20.8 Å². The van der Waals surface area contributed by atoms with Gasteiger partial charge in [-0.2, -0.15) is 0 Å². The number of benzene rings is 1. The maximum absolute atomic E-state index is 8.53. The summed E-state index contributed by atoms with van der Waals surface area (Å²) in [7, 11) is 11.8. The first-order chi connectivity index (χ1) is 15.3. The molecule has 0 amide bonds. The molecule has 13 heteroatoms. The second-order valence-corrected chi connectivity index (χ2v) is 11.3. The molecule has 1 saturated heterocycles. The van der Waals surface area contributed by atoms with Crippen molar-refractivity contribution in [2.75, 3.05) is 0 Å². The average molecular weight is 452 g/mol. The highest BCUT2D eigenvalue weighted by molar-refractivity contribution is 8.18. The fourth-order valence-electron chi connectivity index (χ4n) is 4.99. The molecule has 1 aromatic rings. The van der Waals surface area contributed by atoms with Crippen molar-refractivity contribution in [3.63, 3.8) is 0 Å². The van der Waals surface area contributed by atoms with E-state index in [0.29, 0.717) is 41.4 Å². The summed E-state index contributed by atoms with van der Waals surface area (Å²) in [6.45, 7) is 3.94. The molecule has 2 aliphatic heterocycles. The third kappa shape index (κ3) is 4.25. The molecule has 1 fully saturated rings. The fraction of sp³-hybridized carbons (Fsp3) is 0.300. The lowest BCUT2D eigenvalue weighted by Gasteiger charge is -2.64. The number of hydrogen-bond acceptors (Lipinski definition) is 6. The second kappa shape index (κ2) is 8.91. The summed E-state index contributed by atoms with van der Waals surface area (Å²) in [6.07, 6.45) is 1.19. The number of nitrogens with one attached hydrogen (secondary N) is 5. The van der Waals surface area contributed by atoms with Crippen molar-refractivity contribution in [1.82, 2.24) is 5.32 Å². The zero-order valence-corrected chi connectivity index (χ0v) is 21.4. The van der Waals surface area contributed by atoms with Crippen molar-refractivity contribution in [3.05, 3.63) is 57.0 Å². The van der Waals surface area contributed by atoms with Crippen molar-refractivity contribution in [2.45, 2.75) is 36.2 Å². The van der Waals surface area contributed by atoms with Crippen molar-refractivity contribution in [2.24, 2.45) is 0 Å². The topological polar surface area (TPSA) is 117 Å². The maximum atomic E-state index is 8.53. The third-order valence-corrected chi connectivity index (χ3v) is 8.16. The molecule has 0 bridgehead atoms. The Morgan fingerprint density at radius 2 is 1.79 bits per heavy atom. The summed E-state index contributed by atoms with van der Waals surface area (Å²) in [5, 5.41) is 35.7. The minimum Gasteiger partial charge on any atom is -0.448 e. The summed E-state index contributed by atoms with van der Waals surface area (Å²) < 4.78 is 5.95. The van der Waals surface area contributed by atoms with Crippen LogP contribution >= 0.6 is 11.8 Å². The van der Waals surface area contributed by atoms with E-state index in [2.05, 4.69) is 68.8 Å². The van der Waals surface area contributed by atoms with Gasteiger partial charge in [-0.15, -0.1) is 5.11 Å². The Hall–Kier alpha value is -2.12. The number of rotatable bonds is 7. The van der Waals surface area contributed by atoms with Gasteiger partial charge in [-0.1, -0.05) is 36.0 Å². The normalized spacial score (nSPS) is 23.4. The molecule has 0 radical (unpaired) electrons. The number of allylic oxidation sites excluding steroid dienone is 2. The third-order valence-electron chi connectivity index (χ3n) is 7.13. The quantitative estimate of drug-likeness (QED) is 0.191. The van der Waals surface area contributed by atoms with Crippen molar-refractivity contribution in [3.8, 4) is 0 Å². The van der Waals surface area contributed by atoms with E-state index >= 15 is 0 Å². The van der Waals surface area contributed by atoms with Crippen LogP contribution in [0.4, 0.5) is 0 Å². The van der Waals surface area contributed by atoms with Crippen LogP contribution in [0.1, 0.15) is 25.0 Å². The van der Waals surface area contributed by atoms with Gasteiger partial charge >= 0.3 is 0 Å². The monoisotopic (exact) mass is 453 g/mol. The molecule has 1 atom stereocenters.